The number of hydrogen-bond donors (Lipinski definition) is 1. The van der Waals surface area contributed by atoms with Crippen LogP contribution in [0, 0.1) is 28.6 Å². The summed E-state index contributed by atoms with van der Waals surface area (Å²) in [6.07, 6.45) is 1.09. The quantitative estimate of drug-likeness (QED) is 0.629. The van der Waals surface area contributed by atoms with Crippen molar-refractivity contribution in [3.05, 3.63) is 0 Å². The van der Waals surface area contributed by atoms with Crippen molar-refractivity contribution in [2.45, 2.75) is 12.8 Å². The molecule has 0 heterocycles. The molecule has 0 aliphatic heterocycles. The van der Waals surface area contributed by atoms with Gasteiger partial charge in [-0.15, -0.1) is 0 Å². The van der Waals surface area contributed by atoms with Crippen molar-refractivity contribution in [3.63, 3.8) is 0 Å². The summed E-state index contributed by atoms with van der Waals surface area (Å²) in [4.78, 5) is 0. The predicted molar refractivity (Wildman–Crippen MR) is 48.4 cm³/mol. The maximum absolute atomic E-state index is 8.62. The van der Waals surface area contributed by atoms with Crippen molar-refractivity contribution < 1.29 is 5.11 Å². The molecule has 0 aromatic carbocycles. The maximum Gasteiger partial charge on any atom is 0.0664 e. The zero-order valence-corrected chi connectivity index (χ0v) is 7.68. The van der Waals surface area contributed by atoms with E-state index in [1.54, 1.807) is 11.8 Å². The van der Waals surface area contributed by atoms with Gasteiger partial charge in [0.2, 0.25) is 0 Å². The lowest BCUT2D eigenvalue weighted by atomic mass is 10.1. The van der Waals surface area contributed by atoms with Crippen LogP contribution in [0.15, 0.2) is 0 Å². The third kappa shape index (κ3) is 6.03. The Kier molecular flexibility index (Phi) is 7.89. The van der Waals surface area contributed by atoms with Crippen molar-refractivity contribution in [1.82, 2.24) is 0 Å². The molecule has 0 rings (SSSR count). The predicted octanol–water partition coefficient (Wildman–Crippen LogP) is 1.16. The maximum atomic E-state index is 8.62. The minimum absolute atomic E-state index is 0.0406. The first-order valence-electron chi connectivity index (χ1n) is 3.80. The first-order chi connectivity index (χ1) is 5.85. The molecule has 66 valence electrons. The molecule has 0 aliphatic rings. The minimum Gasteiger partial charge on any atom is -0.396 e. The van der Waals surface area contributed by atoms with Gasteiger partial charge in [0, 0.05) is 17.9 Å². The molecule has 0 radical (unpaired) electrons. The Labute approximate surface area is 77.0 Å². The average molecular weight is 184 g/mol. The summed E-state index contributed by atoms with van der Waals surface area (Å²) < 4.78 is 0. The van der Waals surface area contributed by atoms with Gasteiger partial charge in [-0.25, -0.2) is 0 Å². The second kappa shape index (κ2) is 8.39. The van der Waals surface area contributed by atoms with Crippen LogP contribution in [0.25, 0.3) is 0 Å². The molecule has 1 unspecified atom stereocenters. The van der Waals surface area contributed by atoms with E-state index in [-0.39, 0.29) is 12.5 Å². The Balaban J connectivity index is 3.43. The van der Waals surface area contributed by atoms with Gasteiger partial charge in [0.1, 0.15) is 0 Å². The fraction of sp³-hybridized carbons (Fsp3) is 0.750. The average Bonchev–Trinajstić information content (AvgIpc) is 2.11. The van der Waals surface area contributed by atoms with Crippen LogP contribution in [-0.2, 0) is 0 Å². The molecule has 0 aliphatic carbocycles. The van der Waals surface area contributed by atoms with Crippen LogP contribution >= 0.6 is 11.8 Å². The van der Waals surface area contributed by atoms with Crippen LogP contribution in [0.5, 0.6) is 0 Å². The summed E-state index contributed by atoms with van der Waals surface area (Å²) in [6.45, 7) is 0.154. The Morgan fingerprint density at radius 2 is 2.17 bits per heavy atom. The number of rotatable bonds is 6. The van der Waals surface area contributed by atoms with E-state index >= 15 is 0 Å². The Morgan fingerprint density at radius 1 is 1.42 bits per heavy atom. The Hall–Kier alpha value is -0.710. The molecular formula is C8H12N2OS. The normalized spacial score (nSPS) is 11.6. The number of nitrogens with zero attached hydrogens (tertiary/aromatic N) is 2. The fourth-order valence-corrected chi connectivity index (χ4v) is 1.54. The van der Waals surface area contributed by atoms with Crippen molar-refractivity contribution >= 4 is 11.8 Å². The van der Waals surface area contributed by atoms with Crippen LogP contribution in [0.2, 0.25) is 0 Å². The molecule has 0 amide bonds. The highest BCUT2D eigenvalue weighted by atomic mass is 32.2. The van der Waals surface area contributed by atoms with Gasteiger partial charge in [-0.05, 0) is 6.42 Å². The lowest BCUT2D eigenvalue weighted by Gasteiger charge is -2.04. The highest BCUT2D eigenvalue weighted by Crippen LogP contribution is 2.12. The molecule has 0 saturated heterocycles. The third-order valence-electron chi connectivity index (χ3n) is 1.34. The van der Waals surface area contributed by atoms with Gasteiger partial charge < -0.3 is 5.11 Å². The highest BCUT2D eigenvalue weighted by molar-refractivity contribution is 7.99. The summed E-state index contributed by atoms with van der Waals surface area (Å²) in [5.74, 6) is 1.35. The standard InChI is InChI=1S/C8H12N2OS/c9-3-1-2-8(6-10)7-12-5-4-11/h8,11H,1-2,4-5,7H2. The molecule has 4 heteroatoms. The highest BCUT2D eigenvalue weighted by Gasteiger charge is 2.05. The largest absolute Gasteiger partial charge is 0.396 e. The first-order valence-corrected chi connectivity index (χ1v) is 4.95. The number of aliphatic hydroxyl groups is 1. The van der Waals surface area contributed by atoms with Gasteiger partial charge in [0.05, 0.1) is 24.7 Å². The van der Waals surface area contributed by atoms with Crippen molar-refractivity contribution in [1.29, 1.82) is 10.5 Å². The van der Waals surface area contributed by atoms with Gasteiger partial charge in [-0.2, -0.15) is 22.3 Å². The van der Waals surface area contributed by atoms with E-state index in [0.29, 0.717) is 18.6 Å². The van der Waals surface area contributed by atoms with E-state index in [4.69, 9.17) is 15.6 Å². The Bertz CT molecular complexity index is 182. The molecule has 0 spiro atoms. The fourth-order valence-electron chi connectivity index (χ4n) is 0.714. The van der Waals surface area contributed by atoms with E-state index in [0.717, 1.165) is 5.75 Å². The van der Waals surface area contributed by atoms with Gasteiger partial charge in [0.25, 0.3) is 0 Å². The first kappa shape index (κ1) is 11.3. The van der Waals surface area contributed by atoms with Gasteiger partial charge in [0.15, 0.2) is 0 Å². The number of aliphatic hydroxyl groups excluding tert-OH is 1. The number of hydrogen-bond acceptors (Lipinski definition) is 4. The van der Waals surface area contributed by atoms with E-state index in [1.807, 2.05) is 6.07 Å². The number of nitriles is 2. The third-order valence-corrected chi connectivity index (χ3v) is 2.45. The molecule has 0 aromatic heterocycles. The SMILES string of the molecule is N#CCCC(C#N)CSCCO. The van der Waals surface area contributed by atoms with Crippen molar-refractivity contribution in [3.8, 4) is 12.1 Å². The van der Waals surface area contributed by atoms with Crippen LogP contribution in [0.3, 0.4) is 0 Å². The van der Waals surface area contributed by atoms with Crippen molar-refractivity contribution in [2.75, 3.05) is 18.1 Å². The van der Waals surface area contributed by atoms with Gasteiger partial charge >= 0.3 is 0 Å². The van der Waals surface area contributed by atoms with E-state index in [2.05, 4.69) is 6.07 Å². The topological polar surface area (TPSA) is 67.8 Å². The lowest BCUT2D eigenvalue weighted by molar-refractivity contribution is 0.322. The molecular weight excluding hydrogens is 172 g/mol. The summed E-state index contributed by atoms with van der Waals surface area (Å²) in [7, 11) is 0. The summed E-state index contributed by atoms with van der Waals surface area (Å²) >= 11 is 1.55. The monoisotopic (exact) mass is 184 g/mol. The van der Waals surface area contributed by atoms with Crippen LogP contribution in [0.1, 0.15) is 12.8 Å². The van der Waals surface area contributed by atoms with Gasteiger partial charge in [-0.1, -0.05) is 0 Å². The van der Waals surface area contributed by atoms with Gasteiger partial charge in [-0.3, -0.25) is 0 Å². The zero-order valence-electron chi connectivity index (χ0n) is 6.86. The smallest absolute Gasteiger partial charge is 0.0664 e. The molecule has 0 fully saturated rings. The summed E-state index contributed by atoms with van der Waals surface area (Å²) in [5, 5.41) is 25.4. The van der Waals surface area contributed by atoms with Crippen LogP contribution < -0.4 is 0 Å². The summed E-state index contributed by atoms with van der Waals surface area (Å²) in [6, 6.07) is 4.16. The lowest BCUT2D eigenvalue weighted by Crippen LogP contribution is -2.01. The minimum atomic E-state index is -0.0406. The molecule has 12 heavy (non-hydrogen) atoms. The van der Waals surface area contributed by atoms with E-state index in [9.17, 15) is 0 Å². The molecule has 0 bridgehead atoms. The summed E-state index contributed by atoms with van der Waals surface area (Å²) in [5.41, 5.74) is 0. The molecule has 1 atom stereocenters. The Morgan fingerprint density at radius 3 is 2.67 bits per heavy atom. The molecule has 1 N–H and O–H groups in total. The van der Waals surface area contributed by atoms with E-state index < -0.39 is 0 Å². The second-order valence-corrected chi connectivity index (χ2v) is 3.47. The van der Waals surface area contributed by atoms with Crippen LogP contribution in [-0.4, -0.2) is 23.2 Å². The number of thioether (sulfide) groups is 1. The molecule has 3 nitrogen and oxygen atoms in total. The zero-order chi connectivity index (χ0) is 9.23. The second-order valence-electron chi connectivity index (χ2n) is 2.32. The molecule has 0 saturated carbocycles. The van der Waals surface area contributed by atoms with E-state index in [1.165, 1.54) is 0 Å². The van der Waals surface area contributed by atoms with Crippen molar-refractivity contribution in [2.24, 2.45) is 5.92 Å². The molecule has 0 aromatic rings. The van der Waals surface area contributed by atoms with Crippen LogP contribution in [0.4, 0.5) is 0 Å².